The predicted molar refractivity (Wildman–Crippen MR) is 125 cm³/mol. The highest BCUT2D eigenvalue weighted by molar-refractivity contribution is 8.02. The monoisotopic (exact) mass is 459 g/mol. The molecule has 8 heteroatoms. The molecule has 0 aliphatic carbocycles. The molecule has 0 radical (unpaired) electrons. The van der Waals surface area contributed by atoms with Crippen molar-refractivity contribution in [3.8, 4) is 0 Å². The number of para-hydroxylation sites is 1. The maximum absolute atomic E-state index is 13.8. The fourth-order valence-corrected chi connectivity index (χ4v) is 8.22. The molecule has 3 N–H and O–H groups in total. The van der Waals surface area contributed by atoms with Crippen LogP contribution < -0.4 is 10.6 Å². The van der Waals surface area contributed by atoms with E-state index in [-0.39, 0.29) is 35.1 Å². The van der Waals surface area contributed by atoms with Crippen LogP contribution in [-0.2, 0) is 14.4 Å². The Morgan fingerprint density at radius 3 is 2.56 bits per heavy atom. The van der Waals surface area contributed by atoms with Crippen molar-refractivity contribution in [3.05, 3.63) is 30.3 Å². The third-order valence-corrected chi connectivity index (χ3v) is 9.07. The minimum atomic E-state index is -0.595. The lowest BCUT2D eigenvalue weighted by Gasteiger charge is -2.35. The van der Waals surface area contributed by atoms with E-state index in [2.05, 4.69) is 17.6 Å². The average Bonchev–Trinajstić information content (AvgIpc) is 3.29. The lowest BCUT2D eigenvalue weighted by molar-refractivity contribution is -0.139. The molecule has 0 aromatic heterocycles. The summed E-state index contributed by atoms with van der Waals surface area (Å²) in [5, 5.41) is 15.2. The molecule has 3 aliphatic heterocycles. The van der Waals surface area contributed by atoms with Crippen LogP contribution in [0.5, 0.6) is 0 Å². The van der Waals surface area contributed by atoms with E-state index in [1.165, 1.54) is 0 Å². The van der Waals surface area contributed by atoms with Crippen molar-refractivity contribution in [1.29, 1.82) is 0 Å². The first-order chi connectivity index (χ1) is 15.2. The normalized spacial score (nSPS) is 33.0. The first-order valence-electron chi connectivity index (χ1n) is 11.5. The number of unbranched alkanes of at least 4 members (excludes halogenated alkanes) is 1. The van der Waals surface area contributed by atoms with Crippen molar-refractivity contribution >= 4 is 35.2 Å². The Balaban J connectivity index is 1.68. The summed E-state index contributed by atoms with van der Waals surface area (Å²) < 4.78 is -0.977. The van der Waals surface area contributed by atoms with Gasteiger partial charge in [-0.2, -0.15) is 0 Å². The fraction of sp³-hybridized carbons (Fsp3) is 0.625. The van der Waals surface area contributed by atoms with Crippen molar-refractivity contribution in [2.75, 3.05) is 18.5 Å². The molecule has 3 heterocycles. The van der Waals surface area contributed by atoms with Gasteiger partial charge in [0.2, 0.25) is 17.7 Å². The van der Waals surface area contributed by atoms with Crippen LogP contribution in [0.1, 0.15) is 46.5 Å². The first-order valence-corrected chi connectivity index (χ1v) is 12.3. The van der Waals surface area contributed by atoms with Crippen molar-refractivity contribution in [2.45, 2.75) is 68.0 Å². The van der Waals surface area contributed by atoms with Crippen LogP contribution in [0.4, 0.5) is 5.69 Å². The Morgan fingerprint density at radius 2 is 1.91 bits per heavy atom. The number of aliphatic hydroxyl groups excluding tert-OH is 1. The van der Waals surface area contributed by atoms with Crippen molar-refractivity contribution in [1.82, 2.24) is 10.2 Å². The molecule has 7 nitrogen and oxygen atoms in total. The first kappa shape index (κ1) is 23.1. The van der Waals surface area contributed by atoms with Crippen LogP contribution in [0.3, 0.4) is 0 Å². The van der Waals surface area contributed by atoms with E-state index in [1.807, 2.05) is 44.2 Å². The number of nitrogens with zero attached hydrogens (tertiary/aromatic N) is 1. The zero-order chi connectivity index (χ0) is 23.1. The maximum Gasteiger partial charge on any atom is 0.244 e. The lowest BCUT2D eigenvalue weighted by Crippen LogP contribution is -2.54. The zero-order valence-corrected chi connectivity index (χ0v) is 19.8. The van der Waals surface area contributed by atoms with Crippen molar-refractivity contribution < 1.29 is 19.5 Å². The molecular formula is C24H33N3O4S. The van der Waals surface area contributed by atoms with E-state index in [4.69, 9.17) is 0 Å². The molecule has 1 spiro atoms. The molecule has 5 atom stereocenters. The van der Waals surface area contributed by atoms with Crippen LogP contribution in [0.25, 0.3) is 0 Å². The highest BCUT2D eigenvalue weighted by Crippen LogP contribution is 2.71. The predicted octanol–water partition coefficient (Wildman–Crippen LogP) is 2.40. The number of amides is 3. The molecule has 4 rings (SSSR count). The Labute approximate surface area is 193 Å². The van der Waals surface area contributed by atoms with E-state index in [9.17, 15) is 19.5 Å². The molecular weight excluding hydrogens is 426 g/mol. The van der Waals surface area contributed by atoms with Crippen LogP contribution in [0.2, 0.25) is 0 Å². The number of nitrogens with one attached hydrogen (secondary N) is 2. The second kappa shape index (κ2) is 8.71. The Kier molecular flexibility index (Phi) is 6.29. The van der Waals surface area contributed by atoms with E-state index < -0.39 is 22.6 Å². The summed E-state index contributed by atoms with van der Waals surface area (Å²) in [6, 6.07) is 8.67. The minimum absolute atomic E-state index is 0.0382. The molecule has 1 aromatic rings. The minimum Gasteiger partial charge on any atom is -0.396 e. The van der Waals surface area contributed by atoms with Gasteiger partial charge >= 0.3 is 0 Å². The average molecular weight is 460 g/mol. The van der Waals surface area contributed by atoms with Crippen molar-refractivity contribution in [3.63, 3.8) is 0 Å². The molecule has 0 saturated carbocycles. The standard InChI is InChI=1S/C24H33N3O4S/c1-15(2)25-21(30)19-24-12-11-23(3,32-24)17(20(29)26-16-9-5-4-6-10-16)18(24)22(31)27(19)13-7-8-14-28/h4-6,9-10,15,17-19,28H,7-8,11-14H2,1-3H3,(H,25,30)(H,26,29)/t17-,18-,19?,23+,24?/m0/s1. The smallest absolute Gasteiger partial charge is 0.244 e. The largest absolute Gasteiger partial charge is 0.396 e. The molecule has 3 fully saturated rings. The SMILES string of the molecule is CC(C)NC(=O)C1N(CCCCO)C(=O)[C@@H]2[C@@H](C(=O)Nc3ccccc3)[C@@]3(C)CCC12S3. The summed E-state index contributed by atoms with van der Waals surface area (Å²) in [5.41, 5.74) is 0.710. The number of fused-ring (bicyclic) bond motifs is 1. The van der Waals surface area contributed by atoms with Gasteiger partial charge in [-0.1, -0.05) is 18.2 Å². The van der Waals surface area contributed by atoms with Gasteiger partial charge < -0.3 is 20.6 Å². The van der Waals surface area contributed by atoms with Gasteiger partial charge in [-0.25, -0.2) is 0 Å². The molecule has 2 unspecified atom stereocenters. The van der Waals surface area contributed by atoms with Gasteiger partial charge in [-0.3, -0.25) is 14.4 Å². The van der Waals surface area contributed by atoms with E-state index in [0.717, 1.165) is 12.8 Å². The molecule has 174 valence electrons. The molecule has 3 amide bonds. The van der Waals surface area contributed by atoms with Gasteiger partial charge in [0.05, 0.1) is 16.6 Å². The number of hydrogen-bond acceptors (Lipinski definition) is 5. The van der Waals surface area contributed by atoms with E-state index in [0.29, 0.717) is 25.1 Å². The number of carbonyl (C=O) groups is 3. The van der Waals surface area contributed by atoms with E-state index in [1.54, 1.807) is 16.7 Å². The van der Waals surface area contributed by atoms with E-state index >= 15 is 0 Å². The van der Waals surface area contributed by atoms with Gasteiger partial charge in [0, 0.05) is 29.6 Å². The fourth-order valence-electron chi connectivity index (χ4n) is 5.87. The Hall–Kier alpha value is -2.06. The summed E-state index contributed by atoms with van der Waals surface area (Å²) in [6.07, 6.45) is 2.73. The highest BCUT2D eigenvalue weighted by atomic mass is 32.2. The quantitative estimate of drug-likeness (QED) is 0.519. The number of hydrogen-bond donors (Lipinski definition) is 3. The topological polar surface area (TPSA) is 98.7 Å². The maximum atomic E-state index is 13.8. The van der Waals surface area contributed by atoms with Crippen molar-refractivity contribution in [2.24, 2.45) is 11.8 Å². The number of carbonyl (C=O) groups excluding carboxylic acids is 3. The Bertz CT molecular complexity index is 894. The third-order valence-electron chi connectivity index (χ3n) is 7.09. The van der Waals surface area contributed by atoms with Crippen LogP contribution >= 0.6 is 11.8 Å². The number of rotatable bonds is 8. The molecule has 1 aromatic carbocycles. The van der Waals surface area contributed by atoms with Gasteiger partial charge in [0.15, 0.2) is 0 Å². The lowest BCUT2D eigenvalue weighted by atomic mass is 9.66. The van der Waals surface area contributed by atoms with Gasteiger partial charge in [-0.15, -0.1) is 11.8 Å². The second-order valence-corrected chi connectivity index (χ2v) is 11.6. The summed E-state index contributed by atoms with van der Waals surface area (Å²) >= 11 is 1.68. The van der Waals surface area contributed by atoms with Crippen LogP contribution in [0.15, 0.2) is 30.3 Å². The summed E-state index contributed by atoms with van der Waals surface area (Å²) in [6.45, 7) is 6.36. The molecule has 2 bridgehead atoms. The number of aliphatic hydroxyl groups is 1. The van der Waals surface area contributed by atoms with Gasteiger partial charge in [0.1, 0.15) is 6.04 Å². The third kappa shape index (κ3) is 3.71. The summed E-state index contributed by atoms with van der Waals surface area (Å²) in [4.78, 5) is 42.3. The summed E-state index contributed by atoms with van der Waals surface area (Å²) in [5.74, 6) is -1.40. The van der Waals surface area contributed by atoms with Crippen LogP contribution in [-0.4, -0.2) is 62.5 Å². The second-order valence-electron chi connectivity index (χ2n) is 9.71. The summed E-state index contributed by atoms with van der Waals surface area (Å²) in [7, 11) is 0. The number of likely N-dealkylation sites (tertiary alicyclic amines) is 1. The zero-order valence-electron chi connectivity index (χ0n) is 19.0. The number of thioether (sulfide) groups is 1. The number of benzene rings is 1. The van der Waals surface area contributed by atoms with Gasteiger partial charge in [-0.05, 0) is 58.6 Å². The van der Waals surface area contributed by atoms with Crippen LogP contribution in [0, 0.1) is 11.8 Å². The number of anilines is 1. The highest BCUT2D eigenvalue weighted by Gasteiger charge is 2.77. The molecule has 32 heavy (non-hydrogen) atoms. The Morgan fingerprint density at radius 1 is 1.19 bits per heavy atom. The molecule has 3 aliphatic rings. The van der Waals surface area contributed by atoms with Gasteiger partial charge in [0.25, 0.3) is 0 Å². The molecule has 3 saturated heterocycles.